The Morgan fingerprint density at radius 3 is 2.18 bits per heavy atom. The Balaban J connectivity index is 1.77. The van der Waals surface area contributed by atoms with Crippen molar-refractivity contribution in [2.45, 2.75) is 19.8 Å². The van der Waals surface area contributed by atoms with E-state index in [0.717, 1.165) is 24.1 Å². The predicted molar refractivity (Wildman–Crippen MR) is 90.6 cm³/mol. The Labute approximate surface area is 130 Å². The summed E-state index contributed by atoms with van der Waals surface area (Å²) in [5.74, 6) is 0. The molecule has 0 radical (unpaired) electrons. The zero-order chi connectivity index (χ0) is 15.4. The summed E-state index contributed by atoms with van der Waals surface area (Å²) in [5, 5.41) is 0. The zero-order valence-electron chi connectivity index (χ0n) is 12.7. The van der Waals surface area contributed by atoms with Gasteiger partial charge in [-0.25, -0.2) is 0 Å². The molecule has 0 aliphatic carbocycles. The Morgan fingerprint density at radius 1 is 0.818 bits per heavy atom. The van der Waals surface area contributed by atoms with Crippen molar-refractivity contribution in [1.29, 1.82) is 0 Å². The minimum atomic E-state index is 0.0226. The molecule has 0 amide bonds. The van der Waals surface area contributed by atoms with Crippen molar-refractivity contribution < 1.29 is 0 Å². The van der Waals surface area contributed by atoms with Crippen LogP contribution in [0.3, 0.4) is 0 Å². The monoisotopic (exact) mass is 289 g/mol. The number of hydrogen-bond acceptors (Lipinski definition) is 1. The van der Waals surface area contributed by atoms with Gasteiger partial charge in [-0.2, -0.15) is 0 Å². The lowest BCUT2D eigenvalue weighted by Crippen LogP contribution is -2.17. The van der Waals surface area contributed by atoms with E-state index in [1.807, 2.05) is 61.7 Å². The highest BCUT2D eigenvalue weighted by molar-refractivity contribution is 5.35. The molecule has 0 aliphatic rings. The SMILES string of the molecule is Cc1ccc(-n2ccc(CCc3ccccc3)cc2=O)cc1. The first-order chi connectivity index (χ1) is 10.7. The first-order valence-corrected chi connectivity index (χ1v) is 7.55. The average Bonchev–Trinajstić information content (AvgIpc) is 2.55. The minimum Gasteiger partial charge on any atom is -0.284 e. The van der Waals surface area contributed by atoms with Crippen LogP contribution in [0.1, 0.15) is 16.7 Å². The highest BCUT2D eigenvalue weighted by Crippen LogP contribution is 2.09. The lowest BCUT2D eigenvalue weighted by atomic mass is 10.1. The number of aromatic nitrogens is 1. The van der Waals surface area contributed by atoms with Gasteiger partial charge in [0.05, 0.1) is 0 Å². The first kappa shape index (κ1) is 14.3. The summed E-state index contributed by atoms with van der Waals surface area (Å²) in [6.45, 7) is 2.04. The van der Waals surface area contributed by atoms with Crippen molar-refractivity contribution in [2.75, 3.05) is 0 Å². The van der Waals surface area contributed by atoms with Gasteiger partial charge in [-0.3, -0.25) is 9.36 Å². The number of pyridine rings is 1. The van der Waals surface area contributed by atoms with Gasteiger partial charge in [0, 0.05) is 18.0 Å². The molecule has 0 spiro atoms. The molecule has 0 N–H and O–H groups in total. The first-order valence-electron chi connectivity index (χ1n) is 7.55. The summed E-state index contributed by atoms with van der Waals surface area (Å²) in [6.07, 6.45) is 3.70. The molecule has 22 heavy (non-hydrogen) atoms. The topological polar surface area (TPSA) is 22.0 Å². The van der Waals surface area contributed by atoms with Crippen LogP contribution in [0.15, 0.2) is 77.7 Å². The summed E-state index contributed by atoms with van der Waals surface area (Å²) in [4.78, 5) is 12.3. The molecule has 0 unspecified atom stereocenters. The molecule has 3 rings (SSSR count). The molecule has 1 aromatic heterocycles. The standard InChI is InChI=1S/C20H19NO/c1-16-7-11-19(12-8-16)21-14-13-18(15-20(21)22)10-9-17-5-3-2-4-6-17/h2-8,11-15H,9-10H2,1H3. The van der Waals surface area contributed by atoms with Gasteiger partial charge < -0.3 is 0 Å². The van der Waals surface area contributed by atoms with Gasteiger partial charge >= 0.3 is 0 Å². The number of nitrogens with zero attached hydrogens (tertiary/aromatic N) is 1. The number of benzene rings is 2. The maximum absolute atomic E-state index is 12.3. The molecule has 110 valence electrons. The van der Waals surface area contributed by atoms with Gasteiger partial charge in [0.2, 0.25) is 0 Å². The second-order valence-corrected chi connectivity index (χ2v) is 5.56. The number of rotatable bonds is 4. The van der Waals surface area contributed by atoms with Crippen LogP contribution in [0.25, 0.3) is 5.69 Å². The van der Waals surface area contributed by atoms with E-state index in [0.29, 0.717) is 0 Å². The fourth-order valence-corrected chi connectivity index (χ4v) is 2.53. The van der Waals surface area contributed by atoms with Crippen molar-refractivity contribution >= 4 is 0 Å². The summed E-state index contributed by atoms with van der Waals surface area (Å²) in [5.41, 5.74) is 4.50. The van der Waals surface area contributed by atoms with Gasteiger partial charge in [-0.1, -0.05) is 48.0 Å². The van der Waals surface area contributed by atoms with Crippen LogP contribution >= 0.6 is 0 Å². The Kier molecular flexibility index (Phi) is 4.19. The molecule has 1 heterocycles. The normalized spacial score (nSPS) is 10.6. The van der Waals surface area contributed by atoms with E-state index in [1.165, 1.54) is 11.1 Å². The lowest BCUT2D eigenvalue weighted by Gasteiger charge is -2.08. The summed E-state index contributed by atoms with van der Waals surface area (Å²) in [6, 6.07) is 22.1. The van der Waals surface area contributed by atoms with E-state index in [9.17, 15) is 4.79 Å². The van der Waals surface area contributed by atoms with Crippen molar-refractivity contribution in [2.24, 2.45) is 0 Å². The van der Waals surface area contributed by atoms with E-state index >= 15 is 0 Å². The summed E-state index contributed by atoms with van der Waals surface area (Å²) in [7, 11) is 0. The van der Waals surface area contributed by atoms with E-state index in [-0.39, 0.29) is 5.56 Å². The summed E-state index contributed by atoms with van der Waals surface area (Å²) < 4.78 is 1.69. The molecule has 3 aromatic rings. The maximum atomic E-state index is 12.3. The zero-order valence-corrected chi connectivity index (χ0v) is 12.7. The van der Waals surface area contributed by atoms with Gasteiger partial charge in [-0.15, -0.1) is 0 Å². The van der Waals surface area contributed by atoms with E-state index < -0.39 is 0 Å². The van der Waals surface area contributed by atoms with Gasteiger partial charge in [0.15, 0.2) is 0 Å². The van der Waals surface area contributed by atoms with Crippen LogP contribution in [0.5, 0.6) is 0 Å². The molecule has 0 bridgehead atoms. The smallest absolute Gasteiger partial charge is 0.255 e. The van der Waals surface area contributed by atoms with Gasteiger partial charge in [0.25, 0.3) is 5.56 Å². The van der Waals surface area contributed by atoms with Crippen LogP contribution in [-0.4, -0.2) is 4.57 Å². The fraction of sp³-hybridized carbons (Fsp3) is 0.150. The van der Waals surface area contributed by atoms with E-state index in [1.54, 1.807) is 10.6 Å². The van der Waals surface area contributed by atoms with Crippen molar-refractivity contribution in [3.05, 3.63) is 100.0 Å². The average molecular weight is 289 g/mol. The molecule has 2 heteroatoms. The van der Waals surface area contributed by atoms with Crippen molar-refractivity contribution in [3.63, 3.8) is 0 Å². The maximum Gasteiger partial charge on any atom is 0.255 e. The fourth-order valence-electron chi connectivity index (χ4n) is 2.53. The van der Waals surface area contributed by atoms with Crippen LogP contribution in [0.4, 0.5) is 0 Å². The lowest BCUT2D eigenvalue weighted by molar-refractivity contribution is 0.920. The molecular weight excluding hydrogens is 270 g/mol. The quantitative estimate of drug-likeness (QED) is 0.713. The Bertz CT molecular complexity index is 801. The van der Waals surface area contributed by atoms with Gasteiger partial charge in [0.1, 0.15) is 0 Å². The molecule has 0 aliphatic heterocycles. The highest BCUT2D eigenvalue weighted by Gasteiger charge is 2.02. The van der Waals surface area contributed by atoms with E-state index in [2.05, 4.69) is 12.1 Å². The van der Waals surface area contributed by atoms with Crippen LogP contribution in [-0.2, 0) is 12.8 Å². The van der Waals surface area contributed by atoms with Gasteiger partial charge in [-0.05, 0) is 49.1 Å². The Morgan fingerprint density at radius 2 is 1.50 bits per heavy atom. The molecule has 0 atom stereocenters. The van der Waals surface area contributed by atoms with Crippen LogP contribution in [0, 0.1) is 6.92 Å². The second kappa shape index (κ2) is 6.44. The Hall–Kier alpha value is -2.61. The summed E-state index contributed by atoms with van der Waals surface area (Å²) >= 11 is 0. The van der Waals surface area contributed by atoms with Crippen LogP contribution in [0.2, 0.25) is 0 Å². The number of hydrogen-bond donors (Lipinski definition) is 0. The predicted octanol–water partition coefficient (Wildman–Crippen LogP) is 3.93. The van der Waals surface area contributed by atoms with Crippen molar-refractivity contribution in [3.8, 4) is 5.69 Å². The van der Waals surface area contributed by atoms with Crippen LogP contribution < -0.4 is 5.56 Å². The third kappa shape index (κ3) is 3.34. The molecular formula is C20H19NO. The molecule has 0 fully saturated rings. The molecule has 2 nitrogen and oxygen atoms in total. The van der Waals surface area contributed by atoms with E-state index in [4.69, 9.17) is 0 Å². The second-order valence-electron chi connectivity index (χ2n) is 5.56. The minimum absolute atomic E-state index is 0.0226. The highest BCUT2D eigenvalue weighted by atomic mass is 16.1. The largest absolute Gasteiger partial charge is 0.284 e. The van der Waals surface area contributed by atoms with Crippen molar-refractivity contribution in [1.82, 2.24) is 4.57 Å². The number of aryl methyl sites for hydroxylation is 3. The molecule has 0 saturated heterocycles. The molecule has 0 saturated carbocycles. The third-order valence-electron chi connectivity index (χ3n) is 3.84. The molecule has 2 aromatic carbocycles. The third-order valence-corrected chi connectivity index (χ3v) is 3.84.